The van der Waals surface area contributed by atoms with Gasteiger partial charge in [-0.1, -0.05) is 37.3 Å². The standard InChI is InChI=1S/C18H23N3O2S/c1-2-15-12-19-18(24-15)20-17(23)16(13-6-4-3-5-7-13)21-10-8-14(22)9-11-21/h3-7,12,14,16,22H,2,8-11H2,1H3,(H,19,20,23)/t16-/m0/s1. The van der Waals surface area contributed by atoms with Crippen molar-refractivity contribution in [1.82, 2.24) is 9.88 Å². The number of aromatic nitrogens is 1. The van der Waals surface area contributed by atoms with Gasteiger partial charge >= 0.3 is 0 Å². The summed E-state index contributed by atoms with van der Waals surface area (Å²) in [7, 11) is 0. The maximum Gasteiger partial charge on any atom is 0.248 e. The second-order valence-corrected chi connectivity index (χ2v) is 7.17. The lowest BCUT2D eigenvalue weighted by Crippen LogP contribution is -2.43. The maximum atomic E-state index is 12.9. The highest BCUT2D eigenvalue weighted by Gasteiger charge is 2.31. The van der Waals surface area contributed by atoms with E-state index < -0.39 is 0 Å². The van der Waals surface area contributed by atoms with Crippen LogP contribution in [0.3, 0.4) is 0 Å². The highest BCUT2D eigenvalue weighted by atomic mass is 32.1. The Morgan fingerprint density at radius 3 is 2.71 bits per heavy atom. The van der Waals surface area contributed by atoms with Crippen molar-refractivity contribution in [2.45, 2.75) is 38.3 Å². The Hall–Kier alpha value is -1.76. The van der Waals surface area contributed by atoms with E-state index in [1.165, 1.54) is 11.3 Å². The Kier molecular flexibility index (Phi) is 5.60. The summed E-state index contributed by atoms with van der Waals surface area (Å²) >= 11 is 1.52. The number of hydrogen-bond acceptors (Lipinski definition) is 5. The van der Waals surface area contributed by atoms with Crippen LogP contribution in [0.5, 0.6) is 0 Å². The number of aryl methyl sites for hydroxylation is 1. The van der Waals surface area contributed by atoms with Crippen LogP contribution >= 0.6 is 11.3 Å². The molecule has 0 bridgehead atoms. The minimum atomic E-state index is -0.354. The molecule has 1 aromatic carbocycles. The Morgan fingerprint density at radius 1 is 1.38 bits per heavy atom. The molecular weight excluding hydrogens is 322 g/mol. The first kappa shape index (κ1) is 17.1. The van der Waals surface area contributed by atoms with Crippen molar-refractivity contribution in [2.24, 2.45) is 0 Å². The number of hydrogen-bond donors (Lipinski definition) is 2. The number of carbonyl (C=O) groups excluding carboxylic acids is 1. The highest BCUT2D eigenvalue weighted by Crippen LogP contribution is 2.27. The monoisotopic (exact) mass is 345 g/mol. The number of aliphatic hydroxyl groups is 1. The molecular formula is C18H23N3O2S. The van der Waals surface area contributed by atoms with Gasteiger partial charge in [0.1, 0.15) is 6.04 Å². The van der Waals surface area contributed by atoms with Crippen molar-refractivity contribution in [1.29, 1.82) is 0 Å². The Morgan fingerprint density at radius 2 is 2.08 bits per heavy atom. The Labute approximate surface area is 146 Å². The van der Waals surface area contributed by atoms with E-state index in [1.54, 1.807) is 0 Å². The predicted octanol–water partition coefficient (Wildman–Crippen LogP) is 2.84. The Bertz CT molecular complexity index is 666. The molecule has 24 heavy (non-hydrogen) atoms. The van der Waals surface area contributed by atoms with Crippen LogP contribution in [-0.4, -0.2) is 40.1 Å². The fourth-order valence-corrected chi connectivity index (χ4v) is 3.77. The van der Waals surface area contributed by atoms with Crippen molar-refractivity contribution in [2.75, 3.05) is 18.4 Å². The summed E-state index contributed by atoms with van der Waals surface area (Å²) < 4.78 is 0. The van der Waals surface area contributed by atoms with Crippen molar-refractivity contribution in [3.8, 4) is 0 Å². The zero-order valence-corrected chi connectivity index (χ0v) is 14.6. The lowest BCUT2D eigenvalue weighted by atomic mass is 10.00. The van der Waals surface area contributed by atoms with E-state index in [0.29, 0.717) is 31.1 Å². The van der Waals surface area contributed by atoms with Gasteiger partial charge < -0.3 is 10.4 Å². The molecule has 1 fully saturated rings. The fourth-order valence-electron chi connectivity index (χ4n) is 3.01. The van der Waals surface area contributed by atoms with Crippen molar-refractivity contribution in [3.05, 3.63) is 47.0 Å². The third-order valence-electron chi connectivity index (χ3n) is 4.36. The van der Waals surface area contributed by atoms with Crippen molar-refractivity contribution in [3.63, 3.8) is 0 Å². The molecule has 128 valence electrons. The fraction of sp³-hybridized carbons (Fsp3) is 0.444. The molecule has 0 spiro atoms. The van der Waals surface area contributed by atoms with Gasteiger partial charge in [-0.15, -0.1) is 11.3 Å². The molecule has 1 saturated heterocycles. The number of carbonyl (C=O) groups is 1. The van der Waals surface area contributed by atoms with Gasteiger partial charge in [0.2, 0.25) is 5.91 Å². The summed E-state index contributed by atoms with van der Waals surface area (Å²) in [5, 5.41) is 13.4. The van der Waals surface area contributed by atoms with Gasteiger partial charge in [-0.3, -0.25) is 9.69 Å². The maximum absolute atomic E-state index is 12.9. The van der Waals surface area contributed by atoms with E-state index in [9.17, 15) is 9.90 Å². The van der Waals surface area contributed by atoms with Crippen LogP contribution in [0.2, 0.25) is 0 Å². The average molecular weight is 345 g/mol. The molecule has 0 radical (unpaired) electrons. The molecule has 0 unspecified atom stereocenters. The summed E-state index contributed by atoms with van der Waals surface area (Å²) in [6.45, 7) is 3.50. The highest BCUT2D eigenvalue weighted by molar-refractivity contribution is 7.15. The minimum absolute atomic E-state index is 0.0606. The molecule has 2 aromatic rings. The third kappa shape index (κ3) is 4.01. The SMILES string of the molecule is CCc1cnc(NC(=O)[C@H](c2ccccc2)N2CCC(O)CC2)s1. The first-order chi connectivity index (χ1) is 11.7. The van der Waals surface area contributed by atoms with Gasteiger partial charge in [-0.2, -0.15) is 0 Å². The lowest BCUT2D eigenvalue weighted by Gasteiger charge is -2.35. The first-order valence-corrected chi connectivity index (χ1v) is 9.21. The number of benzene rings is 1. The number of anilines is 1. The Balaban J connectivity index is 1.79. The molecule has 2 N–H and O–H groups in total. The molecule has 0 saturated carbocycles. The van der Waals surface area contributed by atoms with Crippen LogP contribution in [0.1, 0.15) is 36.2 Å². The van der Waals surface area contributed by atoms with Gasteiger partial charge in [-0.25, -0.2) is 4.98 Å². The summed E-state index contributed by atoms with van der Waals surface area (Å²) in [4.78, 5) is 20.5. The van der Waals surface area contributed by atoms with E-state index in [1.807, 2.05) is 36.5 Å². The zero-order chi connectivity index (χ0) is 16.9. The van der Waals surface area contributed by atoms with Crippen LogP contribution in [0.25, 0.3) is 0 Å². The third-order valence-corrected chi connectivity index (χ3v) is 5.42. The second kappa shape index (κ2) is 7.88. The smallest absolute Gasteiger partial charge is 0.248 e. The number of aliphatic hydroxyl groups excluding tert-OH is 1. The molecule has 1 amide bonds. The quantitative estimate of drug-likeness (QED) is 0.874. The molecule has 2 heterocycles. The van der Waals surface area contributed by atoms with Gasteiger partial charge in [0.25, 0.3) is 0 Å². The molecule has 1 atom stereocenters. The molecule has 5 nitrogen and oxygen atoms in total. The summed E-state index contributed by atoms with van der Waals surface area (Å²) in [6.07, 6.45) is 3.88. The van der Waals surface area contributed by atoms with Crippen LogP contribution in [0.15, 0.2) is 36.5 Å². The van der Waals surface area contributed by atoms with Crippen molar-refractivity contribution >= 4 is 22.4 Å². The van der Waals surface area contributed by atoms with Gasteiger partial charge in [0, 0.05) is 24.2 Å². The number of nitrogens with one attached hydrogen (secondary N) is 1. The summed E-state index contributed by atoms with van der Waals surface area (Å²) in [5.74, 6) is -0.0606. The molecule has 1 aliphatic heterocycles. The van der Waals surface area contributed by atoms with Crippen LogP contribution in [0, 0.1) is 0 Å². The number of piperidine rings is 1. The molecule has 6 heteroatoms. The number of amides is 1. The van der Waals surface area contributed by atoms with E-state index in [-0.39, 0.29) is 18.1 Å². The number of thiazole rings is 1. The molecule has 3 rings (SSSR count). The normalized spacial score (nSPS) is 17.6. The molecule has 1 aromatic heterocycles. The largest absolute Gasteiger partial charge is 0.393 e. The van der Waals surface area contributed by atoms with Crippen LogP contribution in [0.4, 0.5) is 5.13 Å². The van der Waals surface area contributed by atoms with Crippen LogP contribution < -0.4 is 5.32 Å². The summed E-state index contributed by atoms with van der Waals surface area (Å²) in [6, 6.07) is 9.46. The number of rotatable bonds is 5. The zero-order valence-electron chi connectivity index (χ0n) is 13.8. The average Bonchev–Trinajstić information content (AvgIpc) is 3.05. The first-order valence-electron chi connectivity index (χ1n) is 8.40. The number of likely N-dealkylation sites (tertiary alicyclic amines) is 1. The van der Waals surface area contributed by atoms with Crippen LogP contribution in [-0.2, 0) is 11.2 Å². The minimum Gasteiger partial charge on any atom is -0.393 e. The van der Waals surface area contributed by atoms with Crippen molar-refractivity contribution < 1.29 is 9.90 Å². The van der Waals surface area contributed by atoms with Gasteiger partial charge in [0.05, 0.1) is 6.10 Å². The molecule has 1 aliphatic rings. The van der Waals surface area contributed by atoms with E-state index in [4.69, 9.17) is 0 Å². The topological polar surface area (TPSA) is 65.5 Å². The molecule has 0 aliphatic carbocycles. The van der Waals surface area contributed by atoms with Gasteiger partial charge in [0.15, 0.2) is 5.13 Å². The van der Waals surface area contributed by atoms with Gasteiger partial charge in [-0.05, 0) is 24.8 Å². The van der Waals surface area contributed by atoms with E-state index in [0.717, 1.165) is 16.9 Å². The lowest BCUT2D eigenvalue weighted by molar-refractivity contribution is -0.122. The van der Waals surface area contributed by atoms with E-state index in [2.05, 4.69) is 22.1 Å². The predicted molar refractivity (Wildman–Crippen MR) is 96.1 cm³/mol. The van der Waals surface area contributed by atoms with E-state index >= 15 is 0 Å². The summed E-state index contributed by atoms with van der Waals surface area (Å²) in [5.41, 5.74) is 0.971. The second-order valence-electron chi connectivity index (χ2n) is 6.05. The number of nitrogens with zero attached hydrogens (tertiary/aromatic N) is 2.